The second-order valence-corrected chi connectivity index (χ2v) is 15.4. The minimum atomic E-state index is -1.48. The fourth-order valence-corrected chi connectivity index (χ4v) is 6.45. The summed E-state index contributed by atoms with van der Waals surface area (Å²) in [5.74, 6) is -0.654. The number of benzene rings is 4. The number of nitrogens with one attached hydrogen (secondary N) is 4. The number of carbonyl (C=O) groups is 5. The molecule has 0 saturated carbocycles. The van der Waals surface area contributed by atoms with Gasteiger partial charge in [0.1, 0.15) is 11.6 Å². The number of nitrogens with two attached hydrogens (primary N) is 1. The number of nitrogen functional groups attached to an aromatic ring is 1. The monoisotopic (exact) mass is 890 g/mol. The Balaban J connectivity index is 0.000000149. The maximum absolute atomic E-state index is 12.4. The molecule has 2 fully saturated rings. The van der Waals surface area contributed by atoms with E-state index in [1.165, 1.54) is 16.7 Å². The molecule has 0 unspecified atom stereocenters. The van der Waals surface area contributed by atoms with Gasteiger partial charge in [-0.2, -0.15) is 4.79 Å². The zero-order valence-electron chi connectivity index (χ0n) is 36.5. The van der Waals surface area contributed by atoms with Crippen LogP contribution in [0.1, 0.15) is 47.9 Å². The van der Waals surface area contributed by atoms with E-state index in [4.69, 9.17) is 5.73 Å². The Morgan fingerprint density at radius 1 is 0.530 bits per heavy atom. The lowest BCUT2D eigenvalue weighted by atomic mass is 10.2. The van der Waals surface area contributed by atoms with Gasteiger partial charge in [-0.05, 0) is 100 Å². The summed E-state index contributed by atoms with van der Waals surface area (Å²) < 4.78 is 1.59. The number of H-pyrrole nitrogens is 1. The predicted octanol–water partition coefficient (Wildman–Crippen LogP) is 8.11. The lowest BCUT2D eigenvalue weighted by Gasteiger charge is -2.15. The topological polar surface area (TPSA) is 236 Å². The summed E-state index contributed by atoms with van der Waals surface area (Å²) in [5.41, 5.74) is 16.2. The third-order valence-corrected chi connectivity index (χ3v) is 10.1. The van der Waals surface area contributed by atoms with Crippen LogP contribution in [0.2, 0.25) is 0 Å². The maximum Gasteiger partial charge on any atom is 0.560 e. The van der Waals surface area contributed by atoms with E-state index in [9.17, 15) is 28.8 Å². The maximum atomic E-state index is 12.4. The van der Waals surface area contributed by atoms with E-state index < -0.39 is 29.8 Å². The molecule has 18 nitrogen and oxygen atoms in total. The number of aromatic amines is 1. The van der Waals surface area contributed by atoms with Crippen molar-refractivity contribution in [1.29, 1.82) is 0 Å². The van der Waals surface area contributed by atoms with Crippen LogP contribution < -0.4 is 27.4 Å². The van der Waals surface area contributed by atoms with Gasteiger partial charge in [0, 0.05) is 42.7 Å². The van der Waals surface area contributed by atoms with Gasteiger partial charge in [0.05, 0.1) is 16.9 Å². The zero-order valence-corrected chi connectivity index (χ0v) is 36.5. The van der Waals surface area contributed by atoms with Crippen molar-refractivity contribution < 1.29 is 33.6 Å². The van der Waals surface area contributed by atoms with Gasteiger partial charge in [-0.1, -0.05) is 80.9 Å². The molecule has 4 amide bonds. The van der Waals surface area contributed by atoms with Gasteiger partial charge in [0.25, 0.3) is 23.6 Å². The van der Waals surface area contributed by atoms with Crippen molar-refractivity contribution in [2.24, 2.45) is 0 Å². The van der Waals surface area contributed by atoms with E-state index in [0.717, 1.165) is 34.1 Å². The minimum Gasteiger partial charge on any atom is -0.396 e. The van der Waals surface area contributed by atoms with Gasteiger partial charge >= 0.3 is 11.8 Å². The van der Waals surface area contributed by atoms with Crippen LogP contribution in [0.5, 0.6) is 0 Å². The highest BCUT2D eigenvalue weighted by Gasteiger charge is 2.37. The van der Waals surface area contributed by atoms with Crippen LogP contribution in [-0.2, 0) is 28.9 Å². The van der Waals surface area contributed by atoms with Gasteiger partial charge in [-0.15, -0.1) is 0 Å². The molecule has 2 aliphatic heterocycles. The van der Waals surface area contributed by atoms with Crippen LogP contribution in [-0.4, -0.2) is 59.4 Å². The second-order valence-electron chi connectivity index (χ2n) is 15.4. The number of pyridine rings is 2. The summed E-state index contributed by atoms with van der Waals surface area (Å²) in [7, 11) is 0. The van der Waals surface area contributed by atoms with Gasteiger partial charge in [-0.25, -0.2) is 19.3 Å². The Morgan fingerprint density at radius 2 is 0.924 bits per heavy atom. The molecular formula is C48H46N10O8. The Hall–Kier alpha value is -8.80. The lowest BCUT2D eigenvalue weighted by molar-refractivity contribution is -0.198. The zero-order chi connectivity index (χ0) is 46.9. The van der Waals surface area contributed by atoms with Gasteiger partial charge in [-0.3, -0.25) is 28.9 Å². The van der Waals surface area contributed by atoms with Gasteiger partial charge in [0.15, 0.2) is 11.5 Å². The van der Waals surface area contributed by atoms with Gasteiger partial charge in [0.2, 0.25) is 0 Å². The van der Waals surface area contributed by atoms with Crippen LogP contribution >= 0.6 is 0 Å². The molecule has 6 N–H and O–H groups in total. The summed E-state index contributed by atoms with van der Waals surface area (Å²) >= 11 is 0. The Bertz CT molecular complexity index is 2900. The number of carbonyl (C=O) groups excluding carboxylic acids is 5. The van der Waals surface area contributed by atoms with E-state index in [1.54, 1.807) is 4.57 Å². The molecule has 2 saturated heterocycles. The van der Waals surface area contributed by atoms with Crippen molar-refractivity contribution in [3.8, 4) is 5.69 Å². The molecule has 18 heteroatoms. The largest absolute Gasteiger partial charge is 0.560 e. The van der Waals surface area contributed by atoms with Crippen molar-refractivity contribution in [1.82, 2.24) is 29.6 Å². The highest BCUT2D eigenvalue weighted by Crippen LogP contribution is 2.26. The molecule has 0 atom stereocenters. The molecular weight excluding hydrogens is 845 g/mol. The Kier molecular flexibility index (Phi) is 13.8. The van der Waals surface area contributed by atoms with E-state index >= 15 is 0 Å². The number of hydrogen-bond donors (Lipinski definition) is 5. The second kappa shape index (κ2) is 20.1. The fourth-order valence-electron chi connectivity index (χ4n) is 6.45. The first-order valence-electron chi connectivity index (χ1n) is 20.8. The van der Waals surface area contributed by atoms with Crippen LogP contribution in [0.15, 0.2) is 126 Å². The first-order valence-corrected chi connectivity index (χ1v) is 20.8. The highest BCUT2D eigenvalue weighted by atomic mass is 16.9. The number of imidazole rings is 1. The summed E-state index contributed by atoms with van der Waals surface area (Å²) in [6.07, 6.45) is -1.73. The van der Waals surface area contributed by atoms with E-state index in [-0.39, 0.29) is 41.5 Å². The standard InChI is InChI=1S/C20H18N4O.C19H20N4.C9H8N2O7/c1-13-3-7-15(8-4-13)21-18-12-11-17-19(23-18)24(20(25)22-17)16-9-5-14(2)6-10-16;1-13-3-7-15(8-4-13)21-18-12-11-17(20)19(23-18)22-16-9-5-14(2)6-10-16;12-5-1-2-6(13)10(5)17-9(16)18-11-7(14)3-4-8(11)15/h3-12H,1-2H3,(H,21,23)(H,22,25);3-12H,20H2,1-2H3,(H2,21,22,23);1-4H2. The summed E-state index contributed by atoms with van der Waals surface area (Å²) in [6.45, 7) is 8.19. The first-order chi connectivity index (χ1) is 31.7. The number of amides is 4. The molecule has 4 aromatic carbocycles. The number of hydroxylamine groups is 4. The van der Waals surface area contributed by atoms with Crippen molar-refractivity contribution in [2.75, 3.05) is 21.7 Å². The average molecular weight is 891 g/mol. The summed E-state index contributed by atoms with van der Waals surface area (Å²) in [6, 6.07) is 39.6. The third kappa shape index (κ3) is 11.4. The SMILES string of the molecule is Cc1ccc(Nc2ccc(N)c(Nc3ccc(C)cc3)n2)cc1.Cc1ccc(Nc2ccc3[nH]c(=O)n(-c4ccc(C)cc4)c3n2)cc1.O=C(ON1C(=O)CCC1=O)ON1C(=O)CCC1=O. The van der Waals surface area contributed by atoms with Crippen LogP contribution in [0, 0.1) is 27.7 Å². The molecule has 66 heavy (non-hydrogen) atoms. The number of imide groups is 2. The van der Waals surface area contributed by atoms with E-state index in [2.05, 4.69) is 66.6 Å². The molecule has 9 rings (SSSR count). The van der Waals surface area contributed by atoms with E-state index in [0.29, 0.717) is 28.5 Å². The number of aromatic nitrogens is 4. The molecule has 0 aliphatic carbocycles. The molecule has 5 heterocycles. The number of rotatable bonds is 9. The van der Waals surface area contributed by atoms with Crippen molar-refractivity contribution in [2.45, 2.75) is 53.4 Å². The molecule has 2 aliphatic rings. The van der Waals surface area contributed by atoms with Gasteiger partial charge < -0.3 is 26.7 Å². The Labute approximate surface area is 378 Å². The van der Waals surface area contributed by atoms with Crippen molar-refractivity contribution >= 4 is 81.2 Å². The number of hydrogen-bond acceptors (Lipinski definition) is 14. The van der Waals surface area contributed by atoms with Crippen molar-refractivity contribution in [3.05, 3.63) is 154 Å². The number of aryl methyl sites for hydroxylation is 4. The minimum absolute atomic E-state index is 0.0618. The smallest absolute Gasteiger partial charge is 0.396 e. The predicted molar refractivity (Wildman–Crippen MR) is 248 cm³/mol. The third-order valence-electron chi connectivity index (χ3n) is 10.1. The Morgan fingerprint density at radius 3 is 1.38 bits per heavy atom. The number of fused-ring (bicyclic) bond motifs is 1. The quantitative estimate of drug-likeness (QED) is 0.0862. The summed E-state index contributed by atoms with van der Waals surface area (Å²) in [4.78, 5) is 88.7. The molecule has 7 aromatic rings. The number of nitrogens with zero attached hydrogens (tertiary/aromatic N) is 5. The van der Waals surface area contributed by atoms with Crippen LogP contribution in [0.25, 0.3) is 16.9 Å². The highest BCUT2D eigenvalue weighted by molar-refractivity contribution is 6.02. The van der Waals surface area contributed by atoms with E-state index in [1.807, 2.05) is 123 Å². The lowest BCUT2D eigenvalue weighted by Crippen LogP contribution is -2.37. The summed E-state index contributed by atoms with van der Waals surface area (Å²) in [5, 5.41) is 10.3. The molecule has 336 valence electrons. The molecule has 0 bridgehead atoms. The first kappa shape index (κ1) is 45.2. The fraction of sp³-hybridized carbons (Fsp3) is 0.167. The normalized spacial score (nSPS) is 13.2. The van der Waals surface area contributed by atoms with Crippen molar-refractivity contribution in [3.63, 3.8) is 0 Å². The van der Waals surface area contributed by atoms with Crippen LogP contribution in [0.3, 0.4) is 0 Å². The number of anilines is 7. The van der Waals surface area contributed by atoms with Crippen LogP contribution in [0.4, 0.5) is 45.0 Å². The average Bonchev–Trinajstić information content (AvgIpc) is 3.92. The molecule has 3 aromatic heterocycles. The molecule has 0 spiro atoms. The molecule has 0 radical (unpaired) electrons.